The summed E-state index contributed by atoms with van der Waals surface area (Å²) in [5.74, 6) is 1.68. The molecule has 0 saturated carbocycles. The van der Waals surface area contributed by atoms with Gasteiger partial charge < -0.3 is 5.11 Å². The van der Waals surface area contributed by atoms with E-state index in [1.807, 2.05) is 6.07 Å². The molecule has 1 heterocycles. The molecule has 0 fully saturated rings. The molecular formula is C19H26N2O. The lowest BCUT2D eigenvalue weighted by atomic mass is 9.75. The van der Waals surface area contributed by atoms with Crippen LogP contribution < -0.4 is 0 Å². The molecule has 0 radical (unpaired) electrons. The molecule has 3 nitrogen and oxygen atoms in total. The maximum absolute atomic E-state index is 9.43. The summed E-state index contributed by atoms with van der Waals surface area (Å²) in [7, 11) is 0. The number of aromatic nitrogens is 2. The summed E-state index contributed by atoms with van der Waals surface area (Å²) < 4.78 is 2.07. The number of fused-ring (bicyclic) bond motifs is 1. The first kappa shape index (κ1) is 15.3. The zero-order chi connectivity index (χ0) is 15.7. The Morgan fingerprint density at radius 2 is 1.95 bits per heavy atom. The van der Waals surface area contributed by atoms with Crippen molar-refractivity contribution in [1.82, 2.24) is 9.78 Å². The molecule has 3 heteroatoms. The Balaban J connectivity index is 2.19. The van der Waals surface area contributed by atoms with Crippen molar-refractivity contribution >= 4 is 0 Å². The Hall–Kier alpha value is -1.61. The molecule has 118 valence electrons. The van der Waals surface area contributed by atoms with E-state index in [1.165, 1.54) is 29.7 Å². The highest BCUT2D eigenvalue weighted by atomic mass is 16.3. The molecule has 0 aliphatic heterocycles. The minimum Gasteiger partial charge on any atom is -0.394 e. The summed E-state index contributed by atoms with van der Waals surface area (Å²) >= 11 is 0. The summed E-state index contributed by atoms with van der Waals surface area (Å²) in [6, 6.07) is 10.5. The second-order valence-corrected chi connectivity index (χ2v) is 6.79. The van der Waals surface area contributed by atoms with Gasteiger partial charge in [0.1, 0.15) is 0 Å². The predicted molar refractivity (Wildman–Crippen MR) is 90.0 cm³/mol. The van der Waals surface area contributed by atoms with E-state index in [2.05, 4.69) is 49.7 Å². The van der Waals surface area contributed by atoms with E-state index in [0.717, 1.165) is 5.69 Å². The largest absolute Gasteiger partial charge is 0.394 e. The molecule has 0 saturated heterocycles. The second-order valence-electron chi connectivity index (χ2n) is 6.79. The van der Waals surface area contributed by atoms with Crippen LogP contribution in [0.2, 0.25) is 0 Å². The van der Waals surface area contributed by atoms with Crippen molar-refractivity contribution in [3.63, 3.8) is 0 Å². The fourth-order valence-electron chi connectivity index (χ4n) is 3.80. The van der Waals surface area contributed by atoms with Gasteiger partial charge in [0, 0.05) is 22.7 Å². The Morgan fingerprint density at radius 1 is 1.23 bits per heavy atom. The van der Waals surface area contributed by atoms with Crippen molar-refractivity contribution in [2.75, 3.05) is 6.61 Å². The summed E-state index contributed by atoms with van der Waals surface area (Å²) in [6.45, 7) is 7.63. The van der Waals surface area contributed by atoms with Crippen LogP contribution in [0.25, 0.3) is 11.3 Å². The normalized spacial score (nSPS) is 21.1. The molecule has 1 aliphatic carbocycles. The van der Waals surface area contributed by atoms with Gasteiger partial charge in [0.15, 0.2) is 0 Å². The number of nitrogens with zero attached hydrogens (tertiary/aromatic N) is 2. The standard InChI is InChI=1S/C19H26N2O/c1-13(2)16-10-9-14(3)17-18(15-7-5-4-6-8-15)20-21(11-12-22)19(16)17/h4-8,13-14,16,22H,9-12H2,1-3H3/t14-,16-/m0/s1. The number of benzene rings is 1. The van der Waals surface area contributed by atoms with Crippen LogP contribution in [0.4, 0.5) is 0 Å². The second kappa shape index (κ2) is 6.25. The number of aliphatic hydroxyl groups is 1. The molecule has 0 spiro atoms. The number of rotatable bonds is 4. The number of aliphatic hydroxyl groups excluding tert-OH is 1. The third-order valence-corrected chi connectivity index (χ3v) is 4.95. The van der Waals surface area contributed by atoms with Gasteiger partial charge in [0.2, 0.25) is 0 Å². The van der Waals surface area contributed by atoms with Gasteiger partial charge in [0.25, 0.3) is 0 Å². The van der Waals surface area contributed by atoms with Crippen LogP contribution in [0.15, 0.2) is 30.3 Å². The Morgan fingerprint density at radius 3 is 2.59 bits per heavy atom. The summed E-state index contributed by atoms with van der Waals surface area (Å²) in [6.07, 6.45) is 2.44. The SMILES string of the molecule is CC(C)[C@@H]1CC[C@H](C)c2c(-c3ccccc3)nn(CCO)c21. The van der Waals surface area contributed by atoms with E-state index in [0.29, 0.717) is 24.3 Å². The van der Waals surface area contributed by atoms with Crippen molar-refractivity contribution in [1.29, 1.82) is 0 Å². The molecular weight excluding hydrogens is 272 g/mol. The molecule has 22 heavy (non-hydrogen) atoms. The van der Waals surface area contributed by atoms with E-state index in [1.54, 1.807) is 0 Å². The van der Waals surface area contributed by atoms with Crippen molar-refractivity contribution < 1.29 is 5.11 Å². The van der Waals surface area contributed by atoms with Crippen molar-refractivity contribution in [2.45, 2.75) is 52.0 Å². The highest BCUT2D eigenvalue weighted by molar-refractivity contribution is 5.65. The van der Waals surface area contributed by atoms with Crippen molar-refractivity contribution in [3.8, 4) is 11.3 Å². The quantitative estimate of drug-likeness (QED) is 0.919. The fourth-order valence-corrected chi connectivity index (χ4v) is 3.80. The minimum atomic E-state index is 0.140. The average molecular weight is 298 g/mol. The molecule has 1 aromatic heterocycles. The van der Waals surface area contributed by atoms with E-state index >= 15 is 0 Å². The smallest absolute Gasteiger partial charge is 0.0960 e. The molecule has 2 aromatic rings. The van der Waals surface area contributed by atoms with Crippen molar-refractivity contribution in [2.24, 2.45) is 5.92 Å². The zero-order valence-electron chi connectivity index (χ0n) is 13.8. The van der Waals surface area contributed by atoms with E-state index < -0.39 is 0 Å². The first-order valence-corrected chi connectivity index (χ1v) is 8.40. The lowest BCUT2D eigenvalue weighted by Crippen LogP contribution is -2.21. The topological polar surface area (TPSA) is 38.0 Å². The fraction of sp³-hybridized carbons (Fsp3) is 0.526. The zero-order valence-corrected chi connectivity index (χ0v) is 13.8. The van der Waals surface area contributed by atoms with Gasteiger partial charge in [-0.1, -0.05) is 51.1 Å². The number of hydrogen-bond donors (Lipinski definition) is 1. The van der Waals surface area contributed by atoms with Crippen LogP contribution in [-0.2, 0) is 6.54 Å². The van der Waals surface area contributed by atoms with Crippen LogP contribution in [0, 0.1) is 5.92 Å². The summed E-state index contributed by atoms with van der Waals surface area (Å²) in [5, 5.41) is 14.3. The van der Waals surface area contributed by atoms with Gasteiger partial charge in [-0.25, -0.2) is 0 Å². The van der Waals surface area contributed by atoms with Crippen LogP contribution in [-0.4, -0.2) is 21.5 Å². The lowest BCUT2D eigenvalue weighted by Gasteiger charge is -2.31. The molecule has 0 bridgehead atoms. The van der Waals surface area contributed by atoms with Crippen LogP contribution >= 0.6 is 0 Å². The first-order valence-electron chi connectivity index (χ1n) is 8.40. The molecule has 1 aromatic carbocycles. The maximum Gasteiger partial charge on any atom is 0.0960 e. The van der Waals surface area contributed by atoms with Gasteiger partial charge in [0.05, 0.1) is 18.8 Å². The number of hydrogen-bond acceptors (Lipinski definition) is 2. The summed E-state index contributed by atoms with van der Waals surface area (Å²) in [4.78, 5) is 0. The van der Waals surface area contributed by atoms with Crippen LogP contribution in [0.3, 0.4) is 0 Å². The van der Waals surface area contributed by atoms with Crippen LogP contribution in [0.1, 0.15) is 56.7 Å². The van der Waals surface area contributed by atoms with Crippen LogP contribution in [0.5, 0.6) is 0 Å². The van der Waals surface area contributed by atoms with Gasteiger partial charge in [-0.3, -0.25) is 4.68 Å². The highest BCUT2D eigenvalue weighted by Crippen LogP contribution is 2.46. The van der Waals surface area contributed by atoms with E-state index in [-0.39, 0.29) is 6.61 Å². The third-order valence-electron chi connectivity index (χ3n) is 4.95. The molecule has 0 amide bonds. The first-order chi connectivity index (χ1) is 10.6. The maximum atomic E-state index is 9.43. The van der Waals surface area contributed by atoms with Gasteiger partial charge in [-0.05, 0) is 24.7 Å². The van der Waals surface area contributed by atoms with Gasteiger partial charge in [-0.15, -0.1) is 0 Å². The molecule has 2 atom stereocenters. The highest BCUT2D eigenvalue weighted by Gasteiger charge is 2.33. The van der Waals surface area contributed by atoms with Gasteiger partial charge >= 0.3 is 0 Å². The molecule has 1 aliphatic rings. The molecule has 0 unspecified atom stereocenters. The lowest BCUT2D eigenvalue weighted by molar-refractivity contribution is 0.261. The van der Waals surface area contributed by atoms with Gasteiger partial charge in [-0.2, -0.15) is 5.10 Å². The van der Waals surface area contributed by atoms with E-state index in [9.17, 15) is 5.11 Å². The third kappa shape index (κ3) is 2.58. The Labute approximate surface area is 133 Å². The van der Waals surface area contributed by atoms with E-state index in [4.69, 9.17) is 5.10 Å². The average Bonchev–Trinajstić information content (AvgIpc) is 2.89. The summed E-state index contributed by atoms with van der Waals surface area (Å²) in [5.41, 5.74) is 5.07. The van der Waals surface area contributed by atoms with Crippen molar-refractivity contribution in [3.05, 3.63) is 41.6 Å². The molecule has 3 rings (SSSR count). The predicted octanol–water partition coefficient (Wildman–Crippen LogP) is 4.18. The minimum absolute atomic E-state index is 0.140. The molecule has 1 N–H and O–H groups in total. The Bertz CT molecular complexity index is 630. The monoisotopic (exact) mass is 298 g/mol. The Kier molecular flexibility index (Phi) is 4.34.